The van der Waals surface area contributed by atoms with Crippen molar-refractivity contribution in [1.29, 1.82) is 0 Å². The first-order chi connectivity index (χ1) is 12.2. The fraction of sp³-hybridized carbons (Fsp3) is 0.350. The van der Waals surface area contributed by atoms with E-state index in [0.717, 1.165) is 24.3 Å². The minimum atomic E-state index is -0.0576. The van der Waals surface area contributed by atoms with Gasteiger partial charge in [-0.25, -0.2) is 0 Å². The molecule has 0 radical (unpaired) electrons. The summed E-state index contributed by atoms with van der Waals surface area (Å²) in [5, 5.41) is 6.75. The van der Waals surface area contributed by atoms with E-state index in [1.54, 1.807) is 0 Å². The molecule has 4 nitrogen and oxygen atoms in total. The lowest BCUT2D eigenvalue weighted by Crippen LogP contribution is -2.29. The molecule has 1 aliphatic rings. The summed E-state index contributed by atoms with van der Waals surface area (Å²) in [7, 11) is 0. The molecule has 0 atom stereocenters. The van der Waals surface area contributed by atoms with Crippen molar-refractivity contribution in [2.45, 2.75) is 25.8 Å². The molecule has 0 aromatic heterocycles. The molecule has 0 unspecified atom stereocenters. The quantitative estimate of drug-likeness (QED) is 0.819. The number of benzene rings is 2. The molecule has 1 fully saturated rings. The summed E-state index contributed by atoms with van der Waals surface area (Å²) in [6.45, 7) is 3.06. The van der Waals surface area contributed by atoms with Crippen LogP contribution in [0.5, 0.6) is 0 Å². The smallest absolute Gasteiger partial charge is 0.238 e. The summed E-state index contributed by atoms with van der Waals surface area (Å²) >= 11 is 6.10. The van der Waals surface area contributed by atoms with Crippen molar-refractivity contribution in [3.05, 3.63) is 59.1 Å². The molecule has 1 aliphatic heterocycles. The van der Waals surface area contributed by atoms with Gasteiger partial charge in [-0.15, -0.1) is 0 Å². The zero-order valence-corrected chi connectivity index (χ0v) is 15.1. The number of hydrogen-bond donors (Lipinski definition) is 2. The Morgan fingerprint density at radius 2 is 1.72 bits per heavy atom. The van der Waals surface area contributed by atoms with Crippen LogP contribution in [0.3, 0.4) is 0 Å². The number of halogens is 1. The highest BCUT2D eigenvalue weighted by Gasteiger charge is 2.11. The van der Waals surface area contributed by atoms with Gasteiger partial charge in [0.2, 0.25) is 5.91 Å². The Hall–Kier alpha value is -2.04. The van der Waals surface area contributed by atoms with Crippen molar-refractivity contribution < 1.29 is 4.79 Å². The number of carbonyl (C=O) groups is 1. The average Bonchev–Trinajstić information content (AvgIpc) is 2.65. The molecule has 1 heterocycles. The average molecular weight is 358 g/mol. The predicted octanol–water partition coefficient (Wildman–Crippen LogP) is 4.06. The molecule has 1 saturated heterocycles. The van der Waals surface area contributed by atoms with Crippen LogP contribution in [0.2, 0.25) is 5.02 Å². The molecule has 3 rings (SSSR count). The third-order valence-electron chi connectivity index (χ3n) is 4.43. The highest BCUT2D eigenvalue weighted by molar-refractivity contribution is 6.31. The van der Waals surface area contributed by atoms with Crippen molar-refractivity contribution in [2.75, 3.05) is 29.9 Å². The number of hydrogen-bond acceptors (Lipinski definition) is 3. The Kier molecular flexibility index (Phi) is 6.31. The van der Waals surface area contributed by atoms with E-state index in [2.05, 4.69) is 27.7 Å². The minimum Gasteiger partial charge on any atom is -0.372 e. The largest absolute Gasteiger partial charge is 0.372 e. The summed E-state index contributed by atoms with van der Waals surface area (Å²) in [4.78, 5) is 14.5. The number of carbonyl (C=O) groups excluding carboxylic acids is 1. The molecule has 0 aliphatic carbocycles. The van der Waals surface area contributed by atoms with Gasteiger partial charge in [-0.05, 0) is 55.2 Å². The monoisotopic (exact) mass is 357 g/mol. The lowest BCUT2D eigenvalue weighted by atomic mass is 10.1. The van der Waals surface area contributed by atoms with Gasteiger partial charge in [0.05, 0.1) is 6.54 Å². The predicted molar refractivity (Wildman–Crippen MR) is 104 cm³/mol. The van der Waals surface area contributed by atoms with E-state index in [-0.39, 0.29) is 12.5 Å². The van der Waals surface area contributed by atoms with Crippen LogP contribution in [0.1, 0.15) is 24.8 Å². The molecule has 5 heteroatoms. The molecule has 2 N–H and O–H groups in total. The Balaban J connectivity index is 1.45. The van der Waals surface area contributed by atoms with Crippen LogP contribution in [0.25, 0.3) is 0 Å². The van der Waals surface area contributed by atoms with Crippen LogP contribution < -0.4 is 15.5 Å². The van der Waals surface area contributed by atoms with Crippen LogP contribution in [0.15, 0.2) is 48.5 Å². The highest BCUT2D eigenvalue weighted by atomic mass is 35.5. The van der Waals surface area contributed by atoms with Gasteiger partial charge in [0, 0.05) is 36.0 Å². The molecular weight excluding hydrogens is 334 g/mol. The number of nitrogens with zero attached hydrogens (tertiary/aromatic N) is 1. The summed E-state index contributed by atoms with van der Waals surface area (Å²) in [6.07, 6.45) is 3.84. The molecule has 25 heavy (non-hydrogen) atoms. The highest BCUT2D eigenvalue weighted by Crippen LogP contribution is 2.21. The van der Waals surface area contributed by atoms with Crippen molar-refractivity contribution in [3.8, 4) is 0 Å². The maximum Gasteiger partial charge on any atom is 0.238 e. The van der Waals surface area contributed by atoms with Crippen LogP contribution in [-0.2, 0) is 11.3 Å². The van der Waals surface area contributed by atoms with Crippen LogP contribution >= 0.6 is 11.6 Å². The van der Waals surface area contributed by atoms with Gasteiger partial charge < -0.3 is 15.5 Å². The second kappa shape index (κ2) is 8.88. The number of piperidine rings is 1. The third-order valence-corrected chi connectivity index (χ3v) is 4.80. The fourth-order valence-electron chi connectivity index (χ4n) is 3.07. The zero-order valence-electron chi connectivity index (χ0n) is 14.3. The Labute approximate surface area is 154 Å². The van der Waals surface area contributed by atoms with Gasteiger partial charge in [-0.3, -0.25) is 4.79 Å². The lowest BCUT2D eigenvalue weighted by molar-refractivity contribution is -0.115. The first kappa shape index (κ1) is 17.8. The maximum atomic E-state index is 12.1. The van der Waals surface area contributed by atoms with Gasteiger partial charge in [0.1, 0.15) is 0 Å². The molecule has 0 saturated carbocycles. The van der Waals surface area contributed by atoms with Crippen LogP contribution in [-0.4, -0.2) is 25.5 Å². The molecule has 1 amide bonds. The third kappa shape index (κ3) is 5.21. The van der Waals surface area contributed by atoms with E-state index in [4.69, 9.17) is 11.6 Å². The lowest BCUT2D eigenvalue weighted by Gasteiger charge is -2.28. The van der Waals surface area contributed by atoms with Gasteiger partial charge in [-0.2, -0.15) is 0 Å². The van der Waals surface area contributed by atoms with Crippen molar-refractivity contribution >= 4 is 28.9 Å². The fourth-order valence-corrected chi connectivity index (χ4v) is 3.27. The molecule has 2 aromatic carbocycles. The van der Waals surface area contributed by atoms with E-state index < -0.39 is 0 Å². The molecule has 0 spiro atoms. The van der Waals surface area contributed by atoms with Gasteiger partial charge in [0.25, 0.3) is 0 Å². The summed E-state index contributed by atoms with van der Waals surface area (Å²) in [5.74, 6) is -0.0576. The minimum absolute atomic E-state index is 0.0576. The van der Waals surface area contributed by atoms with E-state index in [0.29, 0.717) is 11.6 Å². The number of nitrogens with one attached hydrogen (secondary N) is 2. The Bertz CT molecular complexity index is 696. The van der Waals surface area contributed by atoms with E-state index >= 15 is 0 Å². The summed E-state index contributed by atoms with van der Waals surface area (Å²) in [5.41, 5.74) is 3.04. The summed E-state index contributed by atoms with van der Waals surface area (Å²) in [6, 6.07) is 15.7. The van der Waals surface area contributed by atoms with Crippen molar-refractivity contribution in [2.24, 2.45) is 0 Å². The molecule has 2 aromatic rings. The summed E-state index contributed by atoms with van der Waals surface area (Å²) < 4.78 is 0. The standard InChI is InChI=1S/C20H24ClN3O/c21-19-7-3-2-6-16(19)14-22-15-20(25)23-17-8-10-18(11-9-17)24-12-4-1-5-13-24/h2-3,6-11,22H,1,4-5,12-15H2,(H,23,25). The topological polar surface area (TPSA) is 44.4 Å². The SMILES string of the molecule is O=C(CNCc1ccccc1Cl)Nc1ccc(N2CCCCC2)cc1. The van der Waals surface area contributed by atoms with Gasteiger partial charge >= 0.3 is 0 Å². The first-order valence-corrected chi connectivity index (χ1v) is 9.19. The van der Waals surface area contributed by atoms with Crippen LogP contribution in [0.4, 0.5) is 11.4 Å². The van der Waals surface area contributed by atoms with E-state index in [1.807, 2.05) is 36.4 Å². The maximum absolute atomic E-state index is 12.1. The number of rotatable bonds is 6. The Morgan fingerprint density at radius 1 is 1.00 bits per heavy atom. The van der Waals surface area contributed by atoms with E-state index in [9.17, 15) is 4.79 Å². The van der Waals surface area contributed by atoms with Gasteiger partial charge in [0.15, 0.2) is 0 Å². The normalized spacial score (nSPS) is 14.4. The number of anilines is 2. The van der Waals surface area contributed by atoms with Crippen molar-refractivity contribution in [3.63, 3.8) is 0 Å². The van der Waals surface area contributed by atoms with Crippen molar-refractivity contribution in [1.82, 2.24) is 5.32 Å². The van der Waals surface area contributed by atoms with Gasteiger partial charge in [-0.1, -0.05) is 29.8 Å². The second-order valence-corrected chi connectivity index (χ2v) is 6.74. The first-order valence-electron chi connectivity index (χ1n) is 8.81. The molecule has 132 valence electrons. The van der Waals surface area contributed by atoms with Crippen LogP contribution in [0, 0.1) is 0 Å². The molecular formula is C20H24ClN3O. The Morgan fingerprint density at radius 3 is 2.44 bits per heavy atom. The number of amides is 1. The van der Waals surface area contributed by atoms with E-state index in [1.165, 1.54) is 24.9 Å². The molecule has 0 bridgehead atoms. The zero-order chi connectivity index (χ0) is 17.5. The second-order valence-electron chi connectivity index (χ2n) is 6.34.